The van der Waals surface area contributed by atoms with Gasteiger partial charge in [0.05, 0.1) is 12.4 Å². The van der Waals surface area contributed by atoms with Crippen LogP contribution in [0.2, 0.25) is 0 Å². The topological polar surface area (TPSA) is 110 Å². The largest absolute Gasteiger partial charge is 0.396 e. The maximum atomic E-state index is 9.52. The van der Waals surface area contributed by atoms with Gasteiger partial charge in [0.25, 0.3) is 0 Å². The van der Waals surface area contributed by atoms with Crippen LogP contribution in [-0.4, -0.2) is 42.9 Å². The van der Waals surface area contributed by atoms with E-state index in [1.54, 1.807) is 6.33 Å². The summed E-state index contributed by atoms with van der Waals surface area (Å²) >= 11 is 0. The Morgan fingerprint density at radius 2 is 2.00 bits per heavy atom. The molecular formula is C12H15N5O2. The molecule has 19 heavy (non-hydrogen) atoms. The predicted octanol–water partition coefficient (Wildman–Crippen LogP) is -0.264. The van der Waals surface area contributed by atoms with Gasteiger partial charge in [-0.2, -0.15) is 0 Å². The number of aromatic nitrogens is 4. The third kappa shape index (κ3) is 1.78. The number of rotatable bonds is 3. The Morgan fingerprint density at radius 1 is 1.16 bits per heavy atom. The van der Waals surface area contributed by atoms with Crippen molar-refractivity contribution in [1.82, 2.24) is 19.5 Å². The molecule has 2 aromatic rings. The van der Waals surface area contributed by atoms with Crippen LogP contribution in [0.15, 0.2) is 24.8 Å². The van der Waals surface area contributed by atoms with Gasteiger partial charge in [-0.3, -0.25) is 0 Å². The minimum Gasteiger partial charge on any atom is -0.396 e. The van der Waals surface area contributed by atoms with Crippen molar-refractivity contribution in [3.63, 3.8) is 0 Å². The van der Waals surface area contributed by atoms with Crippen molar-refractivity contribution in [2.45, 2.75) is 6.04 Å². The number of nitrogens with two attached hydrogens (primary N) is 1. The molecule has 0 fully saturated rings. The quantitative estimate of drug-likeness (QED) is 0.656. The highest BCUT2D eigenvalue weighted by molar-refractivity contribution is 5.81. The number of nitrogens with zero attached hydrogens (tertiary/aromatic N) is 4. The van der Waals surface area contributed by atoms with Crippen LogP contribution in [0.5, 0.6) is 0 Å². The summed E-state index contributed by atoms with van der Waals surface area (Å²) in [6.45, 7) is 0.00507. The van der Waals surface area contributed by atoms with Crippen LogP contribution in [0.3, 0.4) is 0 Å². The molecule has 0 amide bonds. The van der Waals surface area contributed by atoms with E-state index < -0.39 is 0 Å². The zero-order valence-electron chi connectivity index (χ0n) is 10.2. The van der Waals surface area contributed by atoms with E-state index in [-0.39, 0.29) is 31.1 Å². The third-order valence-corrected chi connectivity index (χ3v) is 3.67. The summed E-state index contributed by atoms with van der Waals surface area (Å²) in [4.78, 5) is 12.3. The van der Waals surface area contributed by atoms with Gasteiger partial charge in [0.15, 0.2) is 11.5 Å². The van der Waals surface area contributed by atoms with Gasteiger partial charge in [-0.05, 0) is 0 Å². The van der Waals surface area contributed by atoms with E-state index in [0.29, 0.717) is 17.0 Å². The molecule has 4 N–H and O–H groups in total. The molecule has 0 radical (unpaired) electrons. The third-order valence-electron chi connectivity index (χ3n) is 3.67. The molecule has 100 valence electrons. The summed E-state index contributed by atoms with van der Waals surface area (Å²) in [5, 5.41) is 18.8. The molecule has 1 aliphatic carbocycles. The molecule has 3 atom stereocenters. The molecule has 2 aromatic heterocycles. The second kappa shape index (κ2) is 4.60. The van der Waals surface area contributed by atoms with Gasteiger partial charge in [0.2, 0.25) is 0 Å². The molecule has 7 heteroatoms. The maximum Gasteiger partial charge on any atom is 0.165 e. The standard InChI is InChI=1S/C12H15N5O2/c13-11-10-12(15-5-14-11)17(6-16-10)9-2-1-7(3-18)8(9)4-19/h1-2,5-9,18-19H,3-4H2,(H2,13,14,15)/t7-,8-,9?/m0/s1. The Kier molecular flexibility index (Phi) is 2.92. The molecule has 1 aliphatic rings. The van der Waals surface area contributed by atoms with Gasteiger partial charge >= 0.3 is 0 Å². The van der Waals surface area contributed by atoms with Crippen molar-refractivity contribution in [2.24, 2.45) is 11.8 Å². The number of hydrogen-bond donors (Lipinski definition) is 3. The Hall–Kier alpha value is -1.99. The van der Waals surface area contributed by atoms with Crippen LogP contribution in [0.4, 0.5) is 5.82 Å². The van der Waals surface area contributed by atoms with E-state index >= 15 is 0 Å². The summed E-state index contributed by atoms with van der Waals surface area (Å²) in [5.74, 6) is 0.204. The van der Waals surface area contributed by atoms with Crippen molar-refractivity contribution in [2.75, 3.05) is 18.9 Å². The first kappa shape index (κ1) is 12.1. The maximum absolute atomic E-state index is 9.52. The van der Waals surface area contributed by atoms with Gasteiger partial charge < -0.3 is 20.5 Å². The fourth-order valence-corrected chi connectivity index (χ4v) is 2.62. The molecule has 0 bridgehead atoms. The van der Waals surface area contributed by atoms with Crippen LogP contribution in [0.25, 0.3) is 11.2 Å². The van der Waals surface area contributed by atoms with Crippen molar-refractivity contribution in [3.8, 4) is 0 Å². The number of allylic oxidation sites excluding steroid dienone is 1. The highest BCUT2D eigenvalue weighted by atomic mass is 16.3. The van der Waals surface area contributed by atoms with Gasteiger partial charge in [-0.15, -0.1) is 0 Å². The predicted molar refractivity (Wildman–Crippen MR) is 69.1 cm³/mol. The van der Waals surface area contributed by atoms with E-state index in [2.05, 4.69) is 15.0 Å². The van der Waals surface area contributed by atoms with E-state index in [1.807, 2.05) is 16.7 Å². The van der Waals surface area contributed by atoms with E-state index in [1.165, 1.54) is 6.33 Å². The monoisotopic (exact) mass is 261 g/mol. The van der Waals surface area contributed by atoms with Crippen LogP contribution in [-0.2, 0) is 0 Å². The van der Waals surface area contributed by atoms with Crippen LogP contribution in [0, 0.1) is 11.8 Å². The fraction of sp³-hybridized carbons (Fsp3) is 0.417. The molecule has 0 aromatic carbocycles. The molecule has 2 heterocycles. The normalized spacial score (nSPS) is 26.3. The number of aliphatic hydroxyl groups is 2. The zero-order chi connectivity index (χ0) is 13.4. The van der Waals surface area contributed by atoms with Gasteiger partial charge in [0.1, 0.15) is 11.8 Å². The summed E-state index contributed by atoms with van der Waals surface area (Å²) in [6, 6.07) is -0.0820. The Labute approximate surface area is 109 Å². The number of hydrogen-bond acceptors (Lipinski definition) is 6. The lowest BCUT2D eigenvalue weighted by molar-refractivity contribution is 0.132. The zero-order valence-corrected chi connectivity index (χ0v) is 10.2. The van der Waals surface area contributed by atoms with Crippen LogP contribution >= 0.6 is 0 Å². The molecule has 0 aliphatic heterocycles. The number of aliphatic hydroxyl groups excluding tert-OH is 2. The van der Waals surface area contributed by atoms with Crippen molar-refractivity contribution in [3.05, 3.63) is 24.8 Å². The molecule has 1 unspecified atom stereocenters. The second-order valence-electron chi connectivity index (χ2n) is 4.65. The highest BCUT2D eigenvalue weighted by Gasteiger charge is 2.32. The molecule has 7 nitrogen and oxygen atoms in total. The molecule has 0 saturated heterocycles. The van der Waals surface area contributed by atoms with E-state index in [0.717, 1.165) is 0 Å². The Bertz CT molecular complexity index is 624. The summed E-state index contributed by atoms with van der Waals surface area (Å²) in [5.41, 5.74) is 6.95. The lowest BCUT2D eigenvalue weighted by atomic mass is 9.94. The van der Waals surface area contributed by atoms with Gasteiger partial charge in [-0.25, -0.2) is 15.0 Å². The average Bonchev–Trinajstić information content (AvgIpc) is 3.01. The van der Waals surface area contributed by atoms with Crippen molar-refractivity contribution in [1.29, 1.82) is 0 Å². The number of anilines is 1. The first-order valence-electron chi connectivity index (χ1n) is 6.09. The van der Waals surface area contributed by atoms with E-state index in [9.17, 15) is 10.2 Å². The molecule has 0 saturated carbocycles. The van der Waals surface area contributed by atoms with Gasteiger partial charge in [-0.1, -0.05) is 12.2 Å². The Morgan fingerprint density at radius 3 is 2.74 bits per heavy atom. The van der Waals surface area contributed by atoms with Crippen LogP contribution < -0.4 is 5.73 Å². The van der Waals surface area contributed by atoms with Crippen molar-refractivity contribution < 1.29 is 10.2 Å². The minimum absolute atomic E-state index is 0.0108. The SMILES string of the molecule is Nc1ncnc2c1ncn2C1C=C[C@@H](CO)[C@@H]1CO. The van der Waals surface area contributed by atoms with Crippen LogP contribution in [0.1, 0.15) is 6.04 Å². The minimum atomic E-state index is -0.0846. The first-order chi connectivity index (χ1) is 9.26. The average molecular weight is 261 g/mol. The van der Waals surface area contributed by atoms with Crippen molar-refractivity contribution >= 4 is 17.0 Å². The number of fused-ring (bicyclic) bond motifs is 1. The molecule has 0 spiro atoms. The smallest absolute Gasteiger partial charge is 0.165 e. The lowest BCUT2D eigenvalue weighted by Gasteiger charge is -2.23. The van der Waals surface area contributed by atoms with Gasteiger partial charge in [0, 0.05) is 25.0 Å². The molecule has 3 rings (SSSR count). The Balaban J connectivity index is 2.06. The molecular weight excluding hydrogens is 246 g/mol. The number of imidazole rings is 1. The fourth-order valence-electron chi connectivity index (χ4n) is 2.62. The lowest BCUT2D eigenvalue weighted by Crippen LogP contribution is -2.24. The summed E-state index contributed by atoms with van der Waals surface area (Å²) in [6.07, 6.45) is 6.92. The summed E-state index contributed by atoms with van der Waals surface area (Å²) in [7, 11) is 0. The second-order valence-corrected chi connectivity index (χ2v) is 4.65. The summed E-state index contributed by atoms with van der Waals surface area (Å²) < 4.78 is 1.86. The van der Waals surface area contributed by atoms with E-state index in [4.69, 9.17) is 5.73 Å². The first-order valence-corrected chi connectivity index (χ1v) is 6.09. The number of nitrogen functional groups attached to an aromatic ring is 1. The highest BCUT2D eigenvalue weighted by Crippen LogP contribution is 2.35.